The van der Waals surface area contributed by atoms with Crippen LogP contribution in [0.4, 0.5) is 0 Å². The van der Waals surface area contributed by atoms with E-state index >= 15 is 0 Å². The molecule has 102 valence electrons. The minimum Gasteiger partial charge on any atom is -0.352 e. The van der Waals surface area contributed by atoms with Crippen LogP contribution >= 0.6 is 0 Å². The van der Waals surface area contributed by atoms with Crippen molar-refractivity contribution in [3.8, 4) is 0 Å². The van der Waals surface area contributed by atoms with Crippen molar-refractivity contribution >= 4 is 5.91 Å². The van der Waals surface area contributed by atoms with Gasteiger partial charge in [-0.05, 0) is 49.1 Å². The monoisotopic (exact) mass is 258 g/mol. The molecule has 1 aromatic carbocycles. The first-order chi connectivity index (χ1) is 9.16. The Morgan fingerprint density at radius 3 is 2.74 bits per heavy atom. The van der Waals surface area contributed by atoms with Gasteiger partial charge in [-0.15, -0.1) is 0 Å². The third-order valence-electron chi connectivity index (χ3n) is 5.00. The molecule has 3 nitrogen and oxygen atoms in total. The largest absolute Gasteiger partial charge is 0.352 e. The van der Waals surface area contributed by atoms with Crippen LogP contribution in [0.25, 0.3) is 0 Å². The van der Waals surface area contributed by atoms with E-state index < -0.39 is 0 Å². The molecule has 0 aliphatic heterocycles. The number of amides is 1. The lowest BCUT2D eigenvalue weighted by Crippen LogP contribution is -2.45. The molecule has 4 unspecified atom stereocenters. The maximum absolute atomic E-state index is 12.3. The molecule has 0 spiro atoms. The van der Waals surface area contributed by atoms with Gasteiger partial charge in [-0.2, -0.15) is 0 Å². The maximum atomic E-state index is 12.3. The van der Waals surface area contributed by atoms with Crippen LogP contribution in [0, 0.1) is 24.7 Å². The molecule has 0 radical (unpaired) electrons. The minimum absolute atomic E-state index is 0.0442. The van der Waals surface area contributed by atoms with Gasteiger partial charge in [-0.3, -0.25) is 4.79 Å². The van der Waals surface area contributed by atoms with Crippen molar-refractivity contribution in [1.29, 1.82) is 0 Å². The van der Waals surface area contributed by atoms with E-state index in [4.69, 9.17) is 5.73 Å². The van der Waals surface area contributed by atoms with Crippen molar-refractivity contribution in [1.82, 2.24) is 5.32 Å². The molecule has 3 rings (SSSR count). The molecule has 3 heteroatoms. The maximum Gasteiger partial charge on any atom is 0.225 e. The zero-order valence-corrected chi connectivity index (χ0v) is 11.4. The first-order valence-electron chi connectivity index (χ1n) is 7.24. The number of hydrogen-bond acceptors (Lipinski definition) is 2. The Kier molecular flexibility index (Phi) is 3.31. The van der Waals surface area contributed by atoms with Gasteiger partial charge in [0.15, 0.2) is 0 Å². The van der Waals surface area contributed by atoms with Crippen LogP contribution in [0.5, 0.6) is 0 Å². The molecule has 1 aromatic rings. The number of fused-ring (bicyclic) bond motifs is 2. The molecule has 2 aliphatic carbocycles. The number of carbonyl (C=O) groups excluding carboxylic acids is 1. The molecule has 3 N–H and O–H groups in total. The van der Waals surface area contributed by atoms with E-state index in [1.165, 1.54) is 24.0 Å². The van der Waals surface area contributed by atoms with E-state index in [1.54, 1.807) is 0 Å². The van der Waals surface area contributed by atoms with Crippen LogP contribution in [0.2, 0.25) is 0 Å². The van der Waals surface area contributed by atoms with Crippen molar-refractivity contribution < 1.29 is 4.79 Å². The molecule has 4 atom stereocenters. The van der Waals surface area contributed by atoms with E-state index in [0.29, 0.717) is 18.4 Å². The smallest absolute Gasteiger partial charge is 0.225 e. The van der Waals surface area contributed by atoms with E-state index in [2.05, 4.69) is 24.4 Å². The van der Waals surface area contributed by atoms with Crippen LogP contribution in [0.15, 0.2) is 24.3 Å². The number of rotatable bonds is 3. The second-order valence-corrected chi connectivity index (χ2v) is 6.08. The van der Waals surface area contributed by atoms with Gasteiger partial charge in [-0.25, -0.2) is 0 Å². The van der Waals surface area contributed by atoms with Gasteiger partial charge < -0.3 is 11.1 Å². The average molecular weight is 258 g/mol. The number of nitrogens with one attached hydrogen (secondary N) is 1. The van der Waals surface area contributed by atoms with Gasteiger partial charge >= 0.3 is 0 Å². The highest BCUT2D eigenvalue weighted by molar-refractivity contribution is 5.80. The van der Waals surface area contributed by atoms with Gasteiger partial charge in [0.1, 0.15) is 0 Å². The molecular formula is C16H22N2O. The van der Waals surface area contributed by atoms with Gasteiger partial charge in [-0.1, -0.05) is 24.3 Å². The second kappa shape index (κ2) is 4.97. The normalized spacial score (nSPS) is 32.5. The Balaban J connectivity index is 1.62. The molecule has 19 heavy (non-hydrogen) atoms. The van der Waals surface area contributed by atoms with Gasteiger partial charge in [0.05, 0.1) is 5.92 Å². The van der Waals surface area contributed by atoms with Crippen molar-refractivity contribution in [3.05, 3.63) is 35.4 Å². The third kappa shape index (κ3) is 2.27. The predicted octanol–water partition coefficient (Wildman–Crippen LogP) is 1.98. The highest BCUT2D eigenvalue weighted by Crippen LogP contribution is 2.47. The number of aryl methyl sites for hydroxylation is 1. The van der Waals surface area contributed by atoms with Crippen LogP contribution in [-0.2, 0) is 11.3 Å². The van der Waals surface area contributed by atoms with Crippen molar-refractivity contribution in [3.63, 3.8) is 0 Å². The molecule has 2 aliphatic rings. The summed E-state index contributed by atoms with van der Waals surface area (Å²) >= 11 is 0. The van der Waals surface area contributed by atoms with Gasteiger partial charge in [0, 0.05) is 12.6 Å². The molecule has 0 aromatic heterocycles. The second-order valence-electron chi connectivity index (χ2n) is 6.08. The number of hydrogen-bond donors (Lipinski definition) is 2. The summed E-state index contributed by atoms with van der Waals surface area (Å²) in [7, 11) is 0. The Hall–Kier alpha value is -1.35. The predicted molar refractivity (Wildman–Crippen MR) is 75.3 cm³/mol. The number of nitrogens with two attached hydrogens (primary N) is 1. The fraction of sp³-hybridized carbons (Fsp3) is 0.562. The summed E-state index contributed by atoms with van der Waals surface area (Å²) in [4.78, 5) is 12.3. The Bertz CT molecular complexity index is 483. The summed E-state index contributed by atoms with van der Waals surface area (Å²) in [5.41, 5.74) is 8.61. The van der Waals surface area contributed by atoms with Crippen molar-refractivity contribution in [2.45, 2.75) is 38.8 Å². The van der Waals surface area contributed by atoms with Gasteiger partial charge in [0.25, 0.3) is 0 Å². The molecule has 0 saturated heterocycles. The SMILES string of the molecule is Cc1ccccc1CNC(=O)C1C2CCC(C2)C1N. The number of benzene rings is 1. The fourth-order valence-corrected chi connectivity index (χ4v) is 3.83. The fourth-order valence-electron chi connectivity index (χ4n) is 3.83. The quantitative estimate of drug-likeness (QED) is 0.871. The molecule has 2 saturated carbocycles. The van der Waals surface area contributed by atoms with Crippen molar-refractivity contribution in [2.75, 3.05) is 0 Å². The molecule has 1 amide bonds. The Labute approximate surface area is 114 Å². The lowest BCUT2D eigenvalue weighted by Gasteiger charge is -2.27. The summed E-state index contributed by atoms with van der Waals surface area (Å²) in [6.07, 6.45) is 3.55. The summed E-state index contributed by atoms with van der Waals surface area (Å²) in [5.74, 6) is 1.31. The molecule has 2 fully saturated rings. The van der Waals surface area contributed by atoms with E-state index in [1.807, 2.05) is 12.1 Å². The Morgan fingerprint density at radius 2 is 2.05 bits per heavy atom. The van der Waals surface area contributed by atoms with Crippen LogP contribution in [0.3, 0.4) is 0 Å². The Morgan fingerprint density at radius 1 is 1.32 bits per heavy atom. The standard InChI is InChI=1S/C16H22N2O/c1-10-4-2-3-5-13(10)9-18-16(19)14-11-6-7-12(8-11)15(14)17/h2-5,11-12,14-15H,6-9,17H2,1H3,(H,18,19). The lowest BCUT2D eigenvalue weighted by atomic mass is 9.84. The van der Waals surface area contributed by atoms with Crippen molar-refractivity contribution in [2.24, 2.45) is 23.5 Å². The van der Waals surface area contributed by atoms with Crippen LogP contribution in [-0.4, -0.2) is 11.9 Å². The zero-order valence-electron chi connectivity index (χ0n) is 11.4. The summed E-state index contributed by atoms with van der Waals surface area (Å²) in [5, 5.41) is 3.08. The average Bonchev–Trinajstić information content (AvgIpc) is 2.98. The first kappa shape index (κ1) is 12.7. The summed E-state index contributed by atoms with van der Waals surface area (Å²) in [6.45, 7) is 2.69. The molecule has 2 bridgehead atoms. The third-order valence-corrected chi connectivity index (χ3v) is 5.00. The van der Waals surface area contributed by atoms with E-state index in [9.17, 15) is 4.79 Å². The first-order valence-corrected chi connectivity index (χ1v) is 7.24. The van der Waals surface area contributed by atoms with Gasteiger partial charge in [0.2, 0.25) is 5.91 Å². The molecule has 0 heterocycles. The van der Waals surface area contributed by atoms with Crippen LogP contribution < -0.4 is 11.1 Å². The van der Waals surface area contributed by atoms with E-state index in [-0.39, 0.29) is 17.9 Å². The highest BCUT2D eigenvalue weighted by atomic mass is 16.1. The zero-order chi connectivity index (χ0) is 13.4. The summed E-state index contributed by atoms with van der Waals surface area (Å²) < 4.78 is 0. The van der Waals surface area contributed by atoms with E-state index in [0.717, 1.165) is 6.42 Å². The minimum atomic E-state index is 0.0442. The topological polar surface area (TPSA) is 55.1 Å². The highest BCUT2D eigenvalue weighted by Gasteiger charge is 2.48. The lowest BCUT2D eigenvalue weighted by molar-refractivity contribution is -0.127. The summed E-state index contributed by atoms with van der Waals surface area (Å²) in [6, 6.07) is 8.25. The number of carbonyl (C=O) groups is 1. The van der Waals surface area contributed by atoms with Crippen LogP contribution in [0.1, 0.15) is 30.4 Å². The molecular weight excluding hydrogens is 236 g/mol.